The van der Waals surface area contributed by atoms with E-state index in [0.29, 0.717) is 23.1 Å². The Hall–Kier alpha value is -3.26. The number of hydrogen-bond acceptors (Lipinski definition) is 5. The van der Waals surface area contributed by atoms with E-state index in [4.69, 9.17) is 4.98 Å². The van der Waals surface area contributed by atoms with E-state index in [1.807, 2.05) is 31.2 Å². The molecule has 1 aliphatic carbocycles. The highest BCUT2D eigenvalue weighted by atomic mass is 19.1. The second kappa shape index (κ2) is 10.4. The second-order valence-electron chi connectivity index (χ2n) is 9.87. The van der Waals surface area contributed by atoms with Crippen LogP contribution in [0.25, 0.3) is 10.9 Å². The van der Waals surface area contributed by atoms with Crippen LogP contribution in [0.4, 0.5) is 10.1 Å². The number of benzene rings is 2. The first-order chi connectivity index (χ1) is 17.4. The summed E-state index contributed by atoms with van der Waals surface area (Å²) in [7, 11) is 0. The molecule has 8 heteroatoms. The van der Waals surface area contributed by atoms with Crippen molar-refractivity contribution in [2.45, 2.75) is 51.6 Å². The summed E-state index contributed by atoms with van der Waals surface area (Å²) in [6.07, 6.45) is 2.52. The molecule has 5 rings (SSSR count). The number of para-hydroxylation sites is 1. The van der Waals surface area contributed by atoms with Gasteiger partial charge in [-0.1, -0.05) is 19.1 Å². The van der Waals surface area contributed by atoms with Crippen molar-refractivity contribution < 1.29 is 9.18 Å². The number of nitrogens with one attached hydrogen (secondary N) is 1. The Morgan fingerprint density at radius 2 is 1.89 bits per heavy atom. The van der Waals surface area contributed by atoms with E-state index < -0.39 is 0 Å². The maximum atomic E-state index is 14.2. The molecule has 7 nitrogen and oxygen atoms in total. The van der Waals surface area contributed by atoms with Gasteiger partial charge >= 0.3 is 0 Å². The van der Waals surface area contributed by atoms with E-state index in [1.54, 1.807) is 10.6 Å². The summed E-state index contributed by atoms with van der Waals surface area (Å²) in [4.78, 5) is 35.4. The number of likely N-dealkylation sites (N-methyl/N-ethyl adjacent to an activating group) is 1. The number of carbonyl (C=O) groups is 1. The Bertz CT molecular complexity index is 1310. The zero-order valence-electron chi connectivity index (χ0n) is 21.0. The summed E-state index contributed by atoms with van der Waals surface area (Å²) in [6.45, 7) is 8.77. The average Bonchev–Trinajstić information content (AvgIpc) is 3.73. The SMILES string of the molecule is CCN1CCN(c2ccc(F)cc2C(C)NC(=O)CCc2nc3ccccc3c(=O)n2C2CC2)CC1. The molecule has 2 aliphatic rings. The van der Waals surface area contributed by atoms with Crippen molar-refractivity contribution in [2.75, 3.05) is 37.6 Å². The van der Waals surface area contributed by atoms with Gasteiger partial charge in [-0.2, -0.15) is 0 Å². The van der Waals surface area contributed by atoms with Crippen molar-refractivity contribution in [3.63, 3.8) is 0 Å². The number of nitrogens with zero attached hydrogens (tertiary/aromatic N) is 4. The monoisotopic (exact) mass is 491 g/mol. The fraction of sp³-hybridized carbons (Fsp3) is 0.464. The number of carbonyl (C=O) groups excluding carboxylic acids is 1. The van der Waals surface area contributed by atoms with Gasteiger partial charge in [0, 0.05) is 56.3 Å². The fourth-order valence-corrected chi connectivity index (χ4v) is 5.16. The van der Waals surface area contributed by atoms with Crippen LogP contribution < -0.4 is 15.8 Å². The Morgan fingerprint density at radius 3 is 2.61 bits per heavy atom. The number of fused-ring (bicyclic) bond motifs is 1. The molecular weight excluding hydrogens is 457 g/mol. The predicted molar refractivity (Wildman–Crippen MR) is 140 cm³/mol. The lowest BCUT2D eigenvalue weighted by Crippen LogP contribution is -2.46. The van der Waals surface area contributed by atoms with Crippen LogP contribution >= 0.6 is 0 Å². The molecule has 1 N–H and O–H groups in total. The van der Waals surface area contributed by atoms with Gasteiger partial charge in [-0.25, -0.2) is 9.37 Å². The van der Waals surface area contributed by atoms with Gasteiger partial charge in [0.15, 0.2) is 0 Å². The van der Waals surface area contributed by atoms with Crippen molar-refractivity contribution >= 4 is 22.5 Å². The topological polar surface area (TPSA) is 70.5 Å². The Balaban J connectivity index is 1.29. The molecule has 3 aromatic rings. The fourth-order valence-electron chi connectivity index (χ4n) is 5.16. The van der Waals surface area contributed by atoms with Gasteiger partial charge < -0.3 is 15.1 Å². The molecule has 1 aliphatic heterocycles. The number of halogens is 1. The summed E-state index contributed by atoms with van der Waals surface area (Å²) >= 11 is 0. The van der Waals surface area contributed by atoms with Gasteiger partial charge in [0.1, 0.15) is 11.6 Å². The summed E-state index contributed by atoms with van der Waals surface area (Å²) in [5, 5.41) is 3.67. The Morgan fingerprint density at radius 1 is 1.14 bits per heavy atom. The lowest BCUT2D eigenvalue weighted by atomic mass is 10.0. The third-order valence-electron chi connectivity index (χ3n) is 7.36. The Labute approximate surface area is 210 Å². The minimum Gasteiger partial charge on any atom is -0.369 e. The molecule has 36 heavy (non-hydrogen) atoms. The molecule has 2 aromatic carbocycles. The molecule has 190 valence electrons. The number of aryl methyl sites for hydroxylation is 1. The highest BCUT2D eigenvalue weighted by Crippen LogP contribution is 2.35. The summed E-state index contributed by atoms with van der Waals surface area (Å²) < 4.78 is 16.0. The van der Waals surface area contributed by atoms with Crippen LogP contribution in [0.1, 0.15) is 56.6 Å². The maximum absolute atomic E-state index is 14.2. The van der Waals surface area contributed by atoms with Gasteiger partial charge in [0.25, 0.3) is 5.56 Å². The average molecular weight is 492 g/mol. The highest BCUT2D eigenvalue weighted by molar-refractivity contribution is 5.78. The van der Waals surface area contributed by atoms with Crippen LogP contribution in [0.15, 0.2) is 47.3 Å². The van der Waals surface area contributed by atoms with Gasteiger partial charge in [-0.05, 0) is 56.6 Å². The second-order valence-corrected chi connectivity index (χ2v) is 9.87. The van der Waals surface area contributed by atoms with Crippen molar-refractivity contribution in [3.8, 4) is 0 Å². The van der Waals surface area contributed by atoms with Gasteiger partial charge in [-0.15, -0.1) is 0 Å². The van der Waals surface area contributed by atoms with Crippen molar-refractivity contribution in [1.29, 1.82) is 0 Å². The van der Waals surface area contributed by atoms with Gasteiger partial charge in [0.05, 0.1) is 16.9 Å². The number of aromatic nitrogens is 2. The summed E-state index contributed by atoms with van der Waals surface area (Å²) in [5.41, 5.74) is 2.39. The first-order valence-corrected chi connectivity index (χ1v) is 13.0. The molecule has 2 heterocycles. The number of anilines is 1. The smallest absolute Gasteiger partial charge is 0.261 e. The lowest BCUT2D eigenvalue weighted by molar-refractivity contribution is -0.121. The number of rotatable bonds is 8. The first kappa shape index (κ1) is 24.4. The molecule has 1 aromatic heterocycles. The van der Waals surface area contributed by atoms with Gasteiger partial charge in [0.2, 0.25) is 5.91 Å². The van der Waals surface area contributed by atoms with Crippen LogP contribution in [0.2, 0.25) is 0 Å². The molecule has 0 bridgehead atoms. The third-order valence-corrected chi connectivity index (χ3v) is 7.36. The minimum absolute atomic E-state index is 0.0283. The van der Waals surface area contributed by atoms with E-state index in [-0.39, 0.29) is 35.8 Å². The molecular formula is C28H34FN5O2. The first-order valence-electron chi connectivity index (χ1n) is 13.0. The van der Waals surface area contributed by atoms with Crippen LogP contribution in [-0.2, 0) is 11.2 Å². The van der Waals surface area contributed by atoms with E-state index in [9.17, 15) is 14.0 Å². The summed E-state index contributed by atoms with van der Waals surface area (Å²) in [6, 6.07) is 12.0. The zero-order valence-corrected chi connectivity index (χ0v) is 21.0. The molecule has 1 saturated carbocycles. The van der Waals surface area contributed by atoms with E-state index in [2.05, 4.69) is 22.0 Å². The molecule has 0 spiro atoms. The van der Waals surface area contributed by atoms with Crippen molar-refractivity contribution in [2.24, 2.45) is 0 Å². The standard InChI is InChI=1S/C28H34FN5O2/c1-3-32-14-16-33(17-15-32)25-11-8-20(29)18-23(25)19(2)30-27(35)13-12-26-31-24-7-5-4-6-22(24)28(36)34(26)21-9-10-21/h4-8,11,18-19,21H,3,9-10,12-17H2,1-2H3,(H,30,35). The highest BCUT2D eigenvalue weighted by Gasteiger charge is 2.28. The predicted octanol–water partition coefficient (Wildman–Crippen LogP) is 3.82. The molecule has 1 saturated heterocycles. The van der Waals surface area contributed by atoms with Crippen molar-refractivity contribution in [1.82, 2.24) is 19.8 Å². The molecule has 1 atom stereocenters. The van der Waals surface area contributed by atoms with Crippen LogP contribution in [0.3, 0.4) is 0 Å². The van der Waals surface area contributed by atoms with E-state index >= 15 is 0 Å². The minimum atomic E-state index is -0.345. The van der Waals surface area contributed by atoms with Crippen LogP contribution in [-0.4, -0.2) is 53.1 Å². The normalized spacial score (nSPS) is 17.4. The van der Waals surface area contributed by atoms with Crippen molar-refractivity contribution in [3.05, 3.63) is 70.0 Å². The quantitative estimate of drug-likeness (QED) is 0.519. The molecule has 1 amide bonds. The maximum Gasteiger partial charge on any atom is 0.261 e. The number of amides is 1. The van der Waals surface area contributed by atoms with E-state index in [1.165, 1.54) is 12.1 Å². The van der Waals surface area contributed by atoms with E-state index in [0.717, 1.165) is 56.8 Å². The molecule has 2 fully saturated rings. The lowest BCUT2D eigenvalue weighted by Gasteiger charge is -2.37. The summed E-state index contributed by atoms with van der Waals surface area (Å²) in [5.74, 6) is 0.207. The number of piperazine rings is 1. The number of hydrogen-bond donors (Lipinski definition) is 1. The third kappa shape index (κ3) is 5.14. The van der Waals surface area contributed by atoms with Gasteiger partial charge in [-0.3, -0.25) is 14.2 Å². The zero-order chi connectivity index (χ0) is 25.2. The Kier molecular flexibility index (Phi) is 7.05. The molecule has 1 unspecified atom stereocenters. The van der Waals surface area contributed by atoms with Crippen LogP contribution in [0.5, 0.6) is 0 Å². The largest absolute Gasteiger partial charge is 0.369 e. The molecule has 0 radical (unpaired) electrons. The van der Waals surface area contributed by atoms with Crippen LogP contribution in [0, 0.1) is 5.82 Å².